The lowest BCUT2D eigenvalue weighted by molar-refractivity contribution is 0.144. The summed E-state index contributed by atoms with van der Waals surface area (Å²) >= 11 is 2.74. The zero-order valence-corrected chi connectivity index (χ0v) is 7.98. The maximum absolute atomic E-state index is 13.2. The summed E-state index contributed by atoms with van der Waals surface area (Å²) in [4.78, 5) is 3.55. The molecule has 72 valence electrons. The molecule has 0 saturated heterocycles. The van der Waals surface area contributed by atoms with Crippen LogP contribution in [0.15, 0.2) is 10.8 Å². The van der Waals surface area contributed by atoms with Crippen molar-refractivity contribution in [3.05, 3.63) is 27.7 Å². The number of nitrogens with zero attached hydrogens (tertiary/aromatic N) is 1. The highest BCUT2D eigenvalue weighted by molar-refractivity contribution is 9.10. The Kier molecular flexibility index (Phi) is 3.27. The van der Waals surface area contributed by atoms with Gasteiger partial charge in [0.25, 0.3) is 6.43 Å². The molecule has 0 unspecified atom stereocenters. The molecule has 1 heterocycles. The van der Waals surface area contributed by atoms with Gasteiger partial charge in [-0.3, -0.25) is 0 Å². The van der Waals surface area contributed by atoms with Gasteiger partial charge in [0.1, 0.15) is 10.4 Å². The third-order valence-corrected chi connectivity index (χ3v) is 2.14. The highest BCUT2D eigenvalue weighted by Gasteiger charge is 2.20. The Bertz CT molecular complexity index is 317. The molecule has 1 aromatic rings. The number of hydrogen-bond acceptors (Lipinski definition) is 2. The van der Waals surface area contributed by atoms with Gasteiger partial charge < -0.3 is 5.73 Å². The Morgan fingerprint density at radius 3 is 2.62 bits per heavy atom. The van der Waals surface area contributed by atoms with Crippen molar-refractivity contribution in [2.45, 2.75) is 13.0 Å². The Morgan fingerprint density at radius 1 is 1.54 bits per heavy atom. The quantitative estimate of drug-likeness (QED) is 0.824. The van der Waals surface area contributed by atoms with E-state index in [1.54, 1.807) is 0 Å². The van der Waals surface area contributed by atoms with E-state index in [-0.39, 0.29) is 16.7 Å². The van der Waals surface area contributed by atoms with E-state index in [0.29, 0.717) is 0 Å². The van der Waals surface area contributed by atoms with Crippen molar-refractivity contribution >= 4 is 15.9 Å². The molecular formula is C7H6BrF3N2. The standard InChI is InChI=1S/C7H6BrF3N2/c8-6-4(7(10)11)5(9)3(1-12)2-13-6/h2,7H,1,12H2. The number of nitrogens with two attached hydrogens (primary N) is 1. The summed E-state index contributed by atoms with van der Waals surface area (Å²) < 4.78 is 37.5. The molecule has 0 saturated carbocycles. The zero-order valence-electron chi connectivity index (χ0n) is 6.40. The molecule has 1 rings (SSSR count). The summed E-state index contributed by atoms with van der Waals surface area (Å²) in [5, 5.41) is 0. The van der Waals surface area contributed by atoms with E-state index in [2.05, 4.69) is 20.9 Å². The molecule has 13 heavy (non-hydrogen) atoms. The predicted octanol–water partition coefficient (Wildman–Crippen LogP) is 2.38. The van der Waals surface area contributed by atoms with Crippen LogP contribution < -0.4 is 5.73 Å². The highest BCUT2D eigenvalue weighted by atomic mass is 79.9. The summed E-state index contributed by atoms with van der Waals surface area (Å²) in [6.45, 7) is -0.147. The number of halogens is 4. The third kappa shape index (κ3) is 2.00. The molecule has 0 radical (unpaired) electrons. The van der Waals surface area contributed by atoms with Crippen molar-refractivity contribution in [1.82, 2.24) is 4.98 Å². The van der Waals surface area contributed by atoms with Crippen molar-refractivity contribution in [3.8, 4) is 0 Å². The van der Waals surface area contributed by atoms with E-state index in [4.69, 9.17) is 5.73 Å². The zero-order chi connectivity index (χ0) is 10.0. The van der Waals surface area contributed by atoms with Crippen LogP contribution in [0.1, 0.15) is 17.6 Å². The Labute approximate surface area is 81.1 Å². The lowest BCUT2D eigenvalue weighted by atomic mass is 10.2. The van der Waals surface area contributed by atoms with E-state index >= 15 is 0 Å². The largest absolute Gasteiger partial charge is 0.326 e. The van der Waals surface area contributed by atoms with E-state index in [1.165, 1.54) is 0 Å². The monoisotopic (exact) mass is 254 g/mol. The lowest BCUT2D eigenvalue weighted by Crippen LogP contribution is -2.05. The fraction of sp³-hybridized carbons (Fsp3) is 0.286. The van der Waals surface area contributed by atoms with Crippen LogP contribution in [0.3, 0.4) is 0 Å². The summed E-state index contributed by atoms with van der Waals surface area (Å²) in [5.41, 5.74) is 4.38. The van der Waals surface area contributed by atoms with Crippen molar-refractivity contribution in [1.29, 1.82) is 0 Å². The fourth-order valence-corrected chi connectivity index (χ4v) is 1.30. The number of pyridine rings is 1. The van der Waals surface area contributed by atoms with Crippen molar-refractivity contribution in [2.24, 2.45) is 5.73 Å². The van der Waals surface area contributed by atoms with Gasteiger partial charge in [-0.05, 0) is 15.9 Å². The van der Waals surface area contributed by atoms with Gasteiger partial charge in [-0.2, -0.15) is 0 Å². The SMILES string of the molecule is NCc1cnc(Br)c(C(F)F)c1F. The first-order valence-corrected chi connectivity index (χ1v) is 4.18. The Hall–Kier alpha value is -0.620. The highest BCUT2D eigenvalue weighted by Crippen LogP contribution is 2.29. The maximum atomic E-state index is 13.2. The van der Waals surface area contributed by atoms with Gasteiger partial charge in [0.15, 0.2) is 0 Å². The van der Waals surface area contributed by atoms with Crippen LogP contribution in [0.2, 0.25) is 0 Å². The number of aromatic nitrogens is 1. The smallest absolute Gasteiger partial charge is 0.269 e. The second-order valence-electron chi connectivity index (χ2n) is 2.31. The summed E-state index contributed by atoms with van der Waals surface area (Å²) in [5.74, 6) is -0.987. The molecule has 0 bridgehead atoms. The minimum atomic E-state index is -2.90. The average molecular weight is 255 g/mol. The van der Waals surface area contributed by atoms with E-state index < -0.39 is 17.8 Å². The van der Waals surface area contributed by atoms with Gasteiger partial charge in [-0.15, -0.1) is 0 Å². The van der Waals surface area contributed by atoms with E-state index in [0.717, 1.165) is 6.20 Å². The van der Waals surface area contributed by atoms with Crippen LogP contribution >= 0.6 is 15.9 Å². The van der Waals surface area contributed by atoms with Crippen LogP contribution in [-0.4, -0.2) is 4.98 Å². The molecule has 0 aliphatic heterocycles. The van der Waals surface area contributed by atoms with Crippen LogP contribution in [0, 0.1) is 5.82 Å². The van der Waals surface area contributed by atoms with Gasteiger partial charge in [-0.1, -0.05) is 0 Å². The molecule has 0 aliphatic carbocycles. The minimum Gasteiger partial charge on any atom is -0.326 e. The topological polar surface area (TPSA) is 38.9 Å². The predicted molar refractivity (Wildman–Crippen MR) is 44.7 cm³/mol. The normalized spacial score (nSPS) is 10.9. The molecule has 0 spiro atoms. The van der Waals surface area contributed by atoms with Crippen molar-refractivity contribution in [2.75, 3.05) is 0 Å². The van der Waals surface area contributed by atoms with Gasteiger partial charge in [0.05, 0.1) is 5.56 Å². The van der Waals surface area contributed by atoms with Crippen molar-refractivity contribution in [3.63, 3.8) is 0 Å². The lowest BCUT2D eigenvalue weighted by Gasteiger charge is -2.06. The molecule has 2 N–H and O–H groups in total. The molecule has 0 atom stereocenters. The second-order valence-corrected chi connectivity index (χ2v) is 3.06. The van der Waals surface area contributed by atoms with Gasteiger partial charge in [-0.25, -0.2) is 18.2 Å². The van der Waals surface area contributed by atoms with Gasteiger partial charge in [0, 0.05) is 18.3 Å². The molecule has 0 aromatic carbocycles. The van der Waals surface area contributed by atoms with Crippen LogP contribution in [0.25, 0.3) is 0 Å². The van der Waals surface area contributed by atoms with E-state index in [1.807, 2.05) is 0 Å². The maximum Gasteiger partial charge on any atom is 0.269 e. The van der Waals surface area contributed by atoms with Crippen LogP contribution in [0.4, 0.5) is 13.2 Å². The van der Waals surface area contributed by atoms with E-state index in [9.17, 15) is 13.2 Å². The molecule has 1 aromatic heterocycles. The molecular weight excluding hydrogens is 249 g/mol. The summed E-state index contributed by atoms with van der Waals surface area (Å²) in [6.07, 6.45) is -1.76. The van der Waals surface area contributed by atoms with Crippen molar-refractivity contribution < 1.29 is 13.2 Å². The average Bonchev–Trinajstić information content (AvgIpc) is 2.04. The minimum absolute atomic E-state index is 0.0153. The summed E-state index contributed by atoms with van der Waals surface area (Å²) in [7, 11) is 0. The first kappa shape index (κ1) is 10.5. The number of alkyl halides is 2. The Morgan fingerprint density at radius 2 is 2.15 bits per heavy atom. The molecule has 0 aliphatic rings. The second kappa shape index (κ2) is 4.06. The third-order valence-electron chi connectivity index (χ3n) is 1.51. The molecule has 6 heteroatoms. The first-order valence-electron chi connectivity index (χ1n) is 3.39. The number of rotatable bonds is 2. The van der Waals surface area contributed by atoms with Gasteiger partial charge in [0.2, 0.25) is 0 Å². The first-order chi connectivity index (χ1) is 6.07. The van der Waals surface area contributed by atoms with Crippen LogP contribution in [-0.2, 0) is 6.54 Å². The van der Waals surface area contributed by atoms with Crippen LogP contribution in [0.5, 0.6) is 0 Å². The Balaban J connectivity index is 3.30. The fourth-order valence-electron chi connectivity index (χ4n) is 0.852. The van der Waals surface area contributed by atoms with Gasteiger partial charge >= 0.3 is 0 Å². The molecule has 0 amide bonds. The molecule has 2 nitrogen and oxygen atoms in total. The summed E-state index contributed by atoms with van der Waals surface area (Å²) in [6, 6.07) is 0. The molecule has 0 fully saturated rings. The number of hydrogen-bond donors (Lipinski definition) is 1.